The zero-order valence-electron chi connectivity index (χ0n) is 13.2. The predicted octanol–water partition coefficient (Wildman–Crippen LogP) is 4.85. The Labute approximate surface area is 127 Å². The van der Waals surface area contributed by atoms with Gasteiger partial charge in [-0.05, 0) is 61.8 Å². The smallest absolute Gasteiger partial charge is 0.159 e. The van der Waals surface area contributed by atoms with Crippen molar-refractivity contribution < 1.29 is 8.78 Å². The van der Waals surface area contributed by atoms with Crippen molar-refractivity contribution in [3.05, 3.63) is 35.4 Å². The lowest BCUT2D eigenvalue weighted by Crippen LogP contribution is -2.45. The van der Waals surface area contributed by atoms with E-state index in [1.54, 1.807) is 6.07 Å². The summed E-state index contributed by atoms with van der Waals surface area (Å²) in [6.45, 7) is 5.40. The number of rotatable bonds is 7. The highest BCUT2D eigenvalue weighted by molar-refractivity contribution is 5.20. The Hall–Kier alpha value is -0.960. The van der Waals surface area contributed by atoms with Gasteiger partial charge < -0.3 is 5.32 Å². The van der Waals surface area contributed by atoms with Gasteiger partial charge in [-0.1, -0.05) is 32.8 Å². The Kier molecular flexibility index (Phi) is 5.74. The van der Waals surface area contributed by atoms with Crippen LogP contribution in [-0.4, -0.2) is 12.6 Å². The van der Waals surface area contributed by atoms with Crippen LogP contribution in [0, 0.1) is 17.0 Å². The van der Waals surface area contributed by atoms with E-state index >= 15 is 0 Å². The molecular formula is C18H27F2N. The van der Waals surface area contributed by atoms with Gasteiger partial charge in [-0.2, -0.15) is 0 Å². The van der Waals surface area contributed by atoms with Crippen LogP contribution in [0.15, 0.2) is 18.2 Å². The molecule has 0 radical (unpaired) electrons. The van der Waals surface area contributed by atoms with Crippen LogP contribution >= 0.6 is 0 Å². The first kappa shape index (κ1) is 16.4. The van der Waals surface area contributed by atoms with Crippen molar-refractivity contribution in [3.8, 4) is 0 Å². The second-order valence-electron chi connectivity index (χ2n) is 6.38. The molecule has 0 bridgehead atoms. The molecule has 1 aliphatic carbocycles. The standard InChI is InChI=1S/C18H27F2N/c1-3-11-21-17(18(4-2)9-5-6-10-18)13-14-7-8-15(19)16(20)12-14/h7-8,12,17,21H,3-6,9-11,13H2,1-2H3. The number of nitrogens with one attached hydrogen (secondary N) is 1. The minimum Gasteiger partial charge on any atom is -0.313 e. The molecule has 1 aliphatic rings. The van der Waals surface area contributed by atoms with Crippen molar-refractivity contribution in [2.24, 2.45) is 5.41 Å². The maximum atomic E-state index is 13.4. The average molecular weight is 295 g/mol. The maximum Gasteiger partial charge on any atom is 0.159 e. The Bertz CT molecular complexity index is 453. The molecule has 1 fully saturated rings. The van der Waals surface area contributed by atoms with Crippen LogP contribution in [0.3, 0.4) is 0 Å². The Morgan fingerprint density at radius 1 is 1.14 bits per heavy atom. The first-order valence-corrected chi connectivity index (χ1v) is 8.28. The lowest BCUT2D eigenvalue weighted by Gasteiger charge is -2.38. The minimum atomic E-state index is -0.761. The number of halogens is 2. The fourth-order valence-electron chi connectivity index (χ4n) is 3.75. The Morgan fingerprint density at radius 2 is 1.86 bits per heavy atom. The highest BCUT2D eigenvalue weighted by Crippen LogP contribution is 2.44. The third-order valence-corrected chi connectivity index (χ3v) is 5.11. The summed E-state index contributed by atoms with van der Waals surface area (Å²) in [5.74, 6) is -1.50. The number of benzene rings is 1. The van der Waals surface area contributed by atoms with Gasteiger partial charge in [-0.25, -0.2) is 8.78 Å². The molecule has 0 aliphatic heterocycles. The van der Waals surface area contributed by atoms with Crippen LogP contribution in [-0.2, 0) is 6.42 Å². The molecular weight excluding hydrogens is 268 g/mol. The van der Waals surface area contributed by atoms with Crippen molar-refractivity contribution in [1.29, 1.82) is 0 Å². The van der Waals surface area contributed by atoms with Crippen LogP contribution in [0.2, 0.25) is 0 Å². The summed E-state index contributed by atoms with van der Waals surface area (Å²) in [7, 11) is 0. The molecule has 0 saturated heterocycles. The van der Waals surface area contributed by atoms with Crippen molar-refractivity contribution in [2.75, 3.05) is 6.54 Å². The second-order valence-corrected chi connectivity index (χ2v) is 6.38. The first-order chi connectivity index (χ1) is 10.1. The van der Waals surface area contributed by atoms with Crippen LogP contribution in [0.1, 0.15) is 57.9 Å². The lowest BCUT2D eigenvalue weighted by atomic mass is 9.74. The monoisotopic (exact) mass is 295 g/mol. The molecule has 1 N–H and O–H groups in total. The molecule has 0 heterocycles. The van der Waals surface area contributed by atoms with E-state index in [1.165, 1.54) is 37.8 Å². The van der Waals surface area contributed by atoms with Crippen LogP contribution in [0.25, 0.3) is 0 Å². The normalized spacial score (nSPS) is 18.9. The fraction of sp³-hybridized carbons (Fsp3) is 0.667. The van der Waals surface area contributed by atoms with Crippen LogP contribution in [0.5, 0.6) is 0 Å². The number of hydrogen-bond donors (Lipinski definition) is 1. The summed E-state index contributed by atoms with van der Waals surface area (Å²) in [5, 5.41) is 3.67. The van der Waals surface area contributed by atoms with E-state index in [1.807, 2.05) is 0 Å². The summed E-state index contributed by atoms with van der Waals surface area (Å²) in [6.07, 6.45) is 8.09. The molecule has 1 saturated carbocycles. The Balaban J connectivity index is 2.17. The van der Waals surface area contributed by atoms with Crippen molar-refractivity contribution >= 4 is 0 Å². The summed E-state index contributed by atoms with van der Waals surface area (Å²) < 4.78 is 26.5. The molecule has 1 aromatic rings. The largest absolute Gasteiger partial charge is 0.313 e. The molecule has 1 atom stereocenters. The van der Waals surface area contributed by atoms with Crippen LogP contribution < -0.4 is 5.32 Å². The van der Waals surface area contributed by atoms with Crippen molar-refractivity contribution in [2.45, 2.75) is 64.8 Å². The highest BCUT2D eigenvalue weighted by Gasteiger charge is 2.39. The molecule has 1 unspecified atom stereocenters. The van der Waals surface area contributed by atoms with Gasteiger partial charge in [0.15, 0.2) is 11.6 Å². The Morgan fingerprint density at radius 3 is 2.43 bits per heavy atom. The third-order valence-electron chi connectivity index (χ3n) is 5.11. The van der Waals surface area contributed by atoms with Gasteiger partial charge in [0.2, 0.25) is 0 Å². The molecule has 3 heteroatoms. The number of hydrogen-bond acceptors (Lipinski definition) is 1. The first-order valence-electron chi connectivity index (χ1n) is 8.28. The zero-order valence-corrected chi connectivity index (χ0v) is 13.2. The van der Waals surface area contributed by atoms with E-state index in [2.05, 4.69) is 19.2 Å². The SMILES string of the molecule is CCCNC(Cc1ccc(F)c(F)c1)C1(CC)CCCC1. The molecule has 0 aromatic heterocycles. The van der Waals surface area contributed by atoms with Gasteiger partial charge in [-0.15, -0.1) is 0 Å². The van der Waals surface area contributed by atoms with Gasteiger partial charge in [0, 0.05) is 6.04 Å². The minimum absolute atomic E-state index is 0.319. The second kappa shape index (κ2) is 7.35. The van der Waals surface area contributed by atoms with Gasteiger partial charge in [-0.3, -0.25) is 0 Å². The van der Waals surface area contributed by atoms with E-state index < -0.39 is 11.6 Å². The fourth-order valence-corrected chi connectivity index (χ4v) is 3.75. The lowest BCUT2D eigenvalue weighted by molar-refractivity contribution is 0.184. The van der Waals surface area contributed by atoms with Gasteiger partial charge in [0.25, 0.3) is 0 Å². The molecule has 1 nitrogen and oxygen atoms in total. The van der Waals surface area contributed by atoms with E-state index in [-0.39, 0.29) is 0 Å². The highest BCUT2D eigenvalue weighted by atomic mass is 19.2. The summed E-state index contributed by atoms with van der Waals surface area (Å²) in [4.78, 5) is 0. The topological polar surface area (TPSA) is 12.0 Å². The van der Waals surface area contributed by atoms with Gasteiger partial charge >= 0.3 is 0 Å². The van der Waals surface area contributed by atoms with Crippen molar-refractivity contribution in [1.82, 2.24) is 5.32 Å². The van der Waals surface area contributed by atoms with E-state index in [9.17, 15) is 8.78 Å². The average Bonchev–Trinajstić information content (AvgIpc) is 2.97. The predicted molar refractivity (Wildman–Crippen MR) is 83.3 cm³/mol. The van der Waals surface area contributed by atoms with Crippen molar-refractivity contribution in [3.63, 3.8) is 0 Å². The summed E-state index contributed by atoms with van der Waals surface area (Å²) in [6, 6.07) is 4.68. The van der Waals surface area contributed by atoms with E-state index in [0.29, 0.717) is 11.5 Å². The zero-order chi connectivity index (χ0) is 15.3. The van der Waals surface area contributed by atoms with E-state index in [0.717, 1.165) is 31.4 Å². The van der Waals surface area contributed by atoms with Gasteiger partial charge in [0.1, 0.15) is 0 Å². The molecule has 0 spiro atoms. The quantitative estimate of drug-likeness (QED) is 0.758. The molecule has 118 valence electrons. The van der Waals surface area contributed by atoms with Gasteiger partial charge in [0.05, 0.1) is 0 Å². The summed E-state index contributed by atoms with van der Waals surface area (Å²) in [5.41, 5.74) is 1.21. The third kappa shape index (κ3) is 3.82. The van der Waals surface area contributed by atoms with E-state index in [4.69, 9.17) is 0 Å². The van der Waals surface area contributed by atoms with Crippen LogP contribution in [0.4, 0.5) is 8.78 Å². The molecule has 1 aromatic carbocycles. The molecule has 21 heavy (non-hydrogen) atoms. The summed E-state index contributed by atoms with van der Waals surface area (Å²) >= 11 is 0. The molecule has 2 rings (SSSR count). The molecule has 0 amide bonds. The maximum absolute atomic E-state index is 13.4.